The van der Waals surface area contributed by atoms with Gasteiger partial charge in [-0.1, -0.05) is 135 Å². The number of hydrogen-bond donors (Lipinski definition) is 1. The molecule has 48 heavy (non-hydrogen) atoms. The van der Waals surface area contributed by atoms with Crippen LogP contribution in [0.25, 0.3) is 0 Å². The number of carbonyl (C=O) groups excluding carboxylic acids is 2. The van der Waals surface area contributed by atoms with E-state index in [2.05, 4.69) is 123 Å². The minimum Gasteiger partial charge on any atom is -0.462 e. The molecule has 266 valence electrons. The number of allylic oxidation sites excluding steroid dienone is 20. The zero-order valence-corrected chi connectivity index (χ0v) is 29.9. The number of ether oxygens (including phenoxy) is 2. The second kappa shape index (κ2) is 37.8. The molecule has 0 saturated heterocycles. The smallest absolute Gasteiger partial charge is 0.306 e. The monoisotopic (exact) mass is 660 g/mol. The molecule has 0 amide bonds. The van der Waals surface area contributed by atoms with Gasteiger partial charge in [0.2, 0.25) is 0 Å². The van der Waals surface area contributed by atoms with Gasteiger partial charge < -0.3 is 14.6 Å². The maximum Gasteiger partial charge on any atom is 0.306 e. The zero-order valence-electron chi connectivity index (χ0n) is 29.9. The summed E-state index contributed by atoms with van der Waals surface area (Å²) in [6.07, 6.45) is 55.5. The van der Waals surface area contributed by atoms with Gasteiger partial charge in [0, 0.05) is 12.8 Å². The van der Waals surface area contributed by atoms with Crippen LogP contribution in [0.15, 0.2) is 122 Å². The lowest BCUT2D eigenvalue weighted by Gasteiger charge is -2.15. The third-order valence-corrected chi connectivity index (χ3v) is 6.76. The second-order valence-electron chi connectivity index (χ2n) is 11.2. The summed E-state index contributed by atoms with van der Waals surface area (Å²) in [5.41, 5.74) is 0. The van der Waals surface area contributed by atoms with Crippen LogP contribution in [0.2, 0.25) is 0 Å². The summed E-state index contributed by atoms with van der Waals surface area (Å²) in [4.78, 5) is 24.2. The van der Waals surface area contributed by atoms with Crippen molar-refractivity contribution in [3.8, 4) is 0 Å². The van der Waals surface area contributed by atoms with Crippen molar-refractivity contribution >= 4 is 11.9 Å². The minimum absolute atomic E-state index is 0.127. The van der Waals surface area contributed by atoms with Gasteiger partial charge in [0.25, 0.3) is 0 Å². The molecule has 1 N–H and O–H groups in total. The summed E-state index contributed by atoms with van der Waals surface area (Å²) >= 11 is 0. The second-order valence-corrected chi connectivity index (χ2v) is 11.2. The first-order valence-electron chi connectivity index (χ1n) is 18.1. The van der Waals surface area contributed by atoms with E-state index in [1.807, 2.05) is 12.2 Å². The van der Waals surface area contributed by atoms with Crippen molar-refractivity contribution in [3.05, 3.63) is 122 Å². The van der Waals surface area contributed by atoms with Crippen LogP contribution in [0, 0.1) is 0 Å². The fraction of sp³-hybridized carbons (Fsp3) is 0.488. The van der Waals surface area contributed by atoms with Gasteiger partial charge in [0.15, 0.2) is 6.10 Å². The highest BCUT2D eigenvalue weighted by molar-refractivity contribution is 5.70. The van der Waals surface area contributed by atoms with Crippen molar-refractivity contribution in [2.45, 2.75) is 123 Å². The molecule has 0 rings (SSSR count). The molecule has 0 aromatic heterocycles. The number of hydrogen-bond acceptors (Lipinski definition) is 5. The molecule has 0 aliphatic heterocycles. The fourth-order valence-corrected chi connectivity index (χ4v) is 4.10. The number of rotatable bonds is 30. The highest BCUT2D eigenvalue weighted by atomic mass is 16.6. The van der Waals surface area contributed by atoms with Gasteiger partial charge >= 0.3 is 11.9 Å². The van der Waals surface area contributed by atoms with E-state index in [9.17, 15) is 14.7 Å². The Morgan fingerprint density at radius 1 is 0.479 bits per heavy atom. The maximum absolute atomic E-state index is 12.1. The Hall–Kier alpha value is -3.70. The molecular formula is C43H64O5. The summed E-state index contributed by atoms with van der Waals surface area (Å²) in [6, 6.07) is 0. The van der Waals surface area contributed by atoms with E-state index in [0.29, 0.717) is 12.8 Å². The molecule has 0 aliphatic carbocycles. The van der Waals surface area contributed by atoms with E-state index in [4.69, 9.17) is 9.47 Å². The minimum atomic E-state index is -0.837. The van der Waals surface area contributed by atoms with Gasteiger partial charge in [-0.05, 0) is 89.9 Å². The molecule has 0 spiro atoms. The average Bonchev–Trinajstić information content (AvgIpc) is 3.09. The molecule has 1 unspecified atom stereocenters. The highest BCUT2D eigenvalue weighted by Gasteiger charge is 2.15. The van der Waals surface area contributed by atoms with Crippen LogP contribution in [0.1, 0.15) is 117 Å². The molecule has 0 aromatic rings. The lowest BCUT2D eigenvalue weighted by atomic mass is 10.2. The topological polar surface area (TPSA) is 72.8 Å². The van der Waals surface area contributed by atoms with Gasteiger partial charge in [-0.3, -0.25) is 9.59 Å². The van der Waals surface area contributed by atoms with E-state index < -0.39 is 12.1 Å². The molecule has 5 nitrogen and oxygen atoms in total. The third-order valence-electron chi connectivity index (χ3n) is 6.76. The van der Waals surface area contributed by atoms with E-state index in [1.54, 1.807) is 0 Å². The van der Waals surface area contributed by atoms with E-state index in [0.717, 1.165) is 83.5 Å². The van der Waals surface area contributed by atoms with Gasteiger partial charge in [0.1, 0.15) is 6.61 Å². The van der Waals surface area contributed by atoms with Gasteiger partial charge in [0.05, 0.1) is 6.61 Å². The van der Waals surface area contributed by atoms with Gasteiger partial charge in [-0.25, -0.2) is 0 Å². The summed E-state index contributed by atoms with van der Waals surface area (Å²) in [6.45, 7) is 3.77. The SMILES string of the molecule is CC/C=C\C/C=C\C/C=C\C/C=C\C/C=C\C/C=C\CCC(=O)OC(CO)COC(=O)CCCC/C=C\C/C=C\C/C=C\C/C=C\CC. The zero-order chi connectivity index (χ0) is 35.0. The molecule has 0 aromatic carbocycles. The van der Waals surface area contributed by atoms with Crippen molar-refractivity contribution in [3.63, 3.8) is 0 Å². The molecule has 0 radical (unpaired) electrons. The summed E-state index contributed by atoms with van der Waals surface area (Å²) in [5, 5.41) is 9.52. The predicted octanol–water partition coefficient (Wildman–Crippen LogP) is 11.3. The standard InChI is InChI=1S/C43H64O5/c1-3-5-7-9-11-13-15-17-19-20-21-22-24-26-28-30-32-34-36-38-43(46)48-41(39-44)40-47-42(45)37-35-33-31-29-27-25-23-18-16-14-12-10-8-6-4-2/h5-8,11-14,17-19,21-23,26-29,32,34,41,44H,3-4,9-10,15-16,20,24-25,30-31,33,35-40H2,1-2H3/b7-5-,8-6-,13-11-,14-12-,19-17-,22-21-,23-18-,28-26-,29-27-,34-32-. The normalized spacial score (nSPS) is 13.6. The summed E-state index contributed by atoms with van der Waals surface area (Å²) in [7, 11) is 0. The molecule has 1 atom stereocenters. The van der Waals surface area contributed by atoms with Gasteiger partial charge in [-0.2, -0.15) is 0 Å². The van der Waals surface area contributed by atoms with Crippen molar-refractivity contribution in [1.82, 2.24) is 0 Å². The molecule has 0 heterocycles. The van der Waals surface area contributed by atoms with Crippen LogP contribution in [0.5, 0.6) is 0 Å². The number of aliphatic hydroxyl groups is 1. The molecule has 0 saturated carbocycles. The fourth-order valence-electron chi connectivity index (χ4n) is 4.10. The van der Waals surface area contributed by atoms with E-state index in [1.165, 1.54) is 0 Å². The lowest BCUT2D eigenvalue weighted by Crippen LogP contribution is -2.28. The third kappa shape index (κ3) is 35.2. The van der Waals surface area contributed by atoms with Crippen LogP contribution in [-0.4, -0.2) is 36.4 Å². The van der Waals surface area contributed by atoms with Crippen molar-refractivity contribution in [2.24, 2.45) is 0 Å². The van der Waals surface area contributed by atoms with Gasteiger partial charge in [-0.15, -0.1) is 0 Å². The quantitative estimate of drug-likeness (QED) is 0.0471. The molecule has 5 heteroatoms. The van der Waals surface area contributed by atoms with Crippen LogP contribution >= 0.6 is 0 Å². The Morgan fingerprint density at radius 3 is 1.25 bits per heavy atom. The Balaban J connectivity index is 3.84. The van der Waals surface area contributed by atoms with Crippen LogP contribution in [0.4, 0.5) is 0 Å². The Morgan fingerprint density at radius 2 is 0.854 bits per heavy atom. The first-order valence-corrected chi connectivity index (χ1v) is 18.1. The molecule has 0 aliphatic rings. The van der Waals surface area contributed by atoms with E-state index in [-0.39, 0.29) is 25.6 Å². The Labute approximate surface area is 293 Å². The number of esters is 2. The van der Waals surface area contributed by atoms with Crippen LogP contribution in [0.3, 0.4) is 0 Å². The molecule has 0 fully saturated rings. The summed E-state index contributed by atoms with van der Waals surface area (Å²) < 4.78 is 10.5. The van der Waals surface area contributed by atoms with Crippen LogP contribution < -0.4 is 0 Å². The maximum atomic E-state index is 12.1. The van der Waals surface area contributed by atoms with Crippen LogP contribution in [-0.2, 0) is 19.1 Å². The molecule has 0 bridgehead atoms. The van der Waals surface area contributed by atoms with Crippen molar-refractivity contribution < 1.29 is 24.2 Å². The number of carbonyl (C=O) groups is 2. The number of aliphatic hydroxyl groups excluding tert-OH is 1. The average molecular weight is 661 g/mol. The lowest BCUT2D eigenvalue weighted by molar-refractivity contribution is -0.161. The number of unbranched alkanes of at least 4 members (excludes halogenated alkanes) is 2. The Bertz CT molecular complexity index is 1060. The van der Waals surface area contributed by atoms with E-state index >= 15 is 0 Å². The molecular weight excluding hydrogens is 596 g/mol. The largest absolute Gasteiger partial charge is 0.462 e. The van der Waals surface area contributed by atoms with Crippen molar-refractivity contribution in [2.75, 3.05) is 13.2 Å². The first-order chi connectivity index (χ1) is 23.6. The Kier molecular flexibility index (Phi) is 34.8. The van der Waals surface area contributed by atoms with Crippen molar-refractivity contribution in [1.29, 1.82) is 0 Å². The highest BCUT2D eigenvalue weighted by Crippen LogP contribution is 2.06. The predicted molar refractivity (Wildman–Crippen MR) is 205 cm³/mol. The summed E-state index contributed by atoms with van der Waals surface area (Å²) in [5.74, 6) is -0.754. The first kappa shape index (κ1) is 44.3.